The summed E-state index contributed by atoms with van der Waals surface area (Å²) in [6.07, 6.45) is 5.48. The first-order valence-corrected chi connectivity index (χ1v) is 10.9. The number of fused-ring (bicyclic) bond motifs is 3. The van der Waals surface area contributed by atoms with Crippen molar-refractivity contribution in [2.24, 2.45) is 0 Å². The third-order valence-electron chi connectivity index (χ3n) is 5.12. The fourth-order valence-corrected chi connectivity index (χ4v) is 4.34. The zero-order valence-electron chi connectivity index (χ0n) is 16.9. The molecule has 0 bridgehead atoms. The van der Waals surface area contributed by atoms with Gasteiger partial charge in [0.25, 0.3) is 0 Å². The van der Waals surface area contributed by atoms with Crippen molar-refractivity contribution in [3.63, 3.8) is 0 Å². The van der Waals surface area contributed by atoms with Gasteiger partial charge in [0.05, 0.1) is 16.8 Å². The van der Waals surface area contributed by atoms with Crippen LogP contribution in [0.1, 0.15) is 10.6 Å². The molecular formula is C27H16N2O2S. The van der Waals surface area contributed by atoms with Gasteiger partial charge >= 0.3 is 5.63 Å². The van der Waals surface area contributed by atoms with Crippen LogP contribution in [0.25, 0.3) is 44.6 Å². The maximum atomic E-state index is 12.7. The molecule has 0 fully saturated rings. The normalized spacial score (nSPS) is 11.9. The summed E-state index contributed by atoms with van der Waals surface area (Å²) in [4.78, 5) is 17.2. The van der Waals surface area contributed by atoms with Crippen LogP contribution >= 0.6 is 11.3 Å². The lowest BCUT2D eigenvalue weighted by molar-refractivity contribution is 0.563. The molecule has 0 N–H and O–H groups in total. The predicted octanol–water partition coefficient (Wildman–Crippen LogP) is 6.69. The number of nitrogens with zero attached hydrogens (tertiary/aromatic N) is 2. The van der Waals surface area contributed by atoms with Gasteiger partial charge in [0, 0.05) is 10.8 Å². The molecule has 5 aromatic rings. The van der Waals surface area contributed by atoms with Gasteiger partial charge in [-0.2, -0.15) is 5.26 Å². The molecular weight excluding hydrogens is 416 g/mol. The Morgan fingerprint density at radius 1 is 1.00 bits per heavy atom. The third-order valence-corrected chi connectivity index (χ3v) is 6.00. The molecule has 0 unspecified atom stereocenters. The van der Waals surface area contributed by atoms with E-state index in [4.69, 9.17) is 4.42 Å². The van der Waals surface area contributed by atoms with Crippen molar-refractivity contribution in [1.29, 1.82) is 5.26 Å². The monoisotopic (exact) mass is 432 g/mol. The molecule has 2 aromatic heterocycles. The average molecular weight is 433 g/mol. The van der Waals surface area contributed by atoms with Gasteiger partial charge in [-0.25, -0.2) is 9.78 Å². The van der Waals surface area contributed by atoms with Crippen molar-refractivity contribution in [2.75, 3.05) is 0 Å². The highest BCUT2D eigenvalue weighted by molar-refractivity contribution is 7.11. The Balaban J connectivity index is 1.53. The van der Waals surface area contributed by atoms with Crippen molar-refractivity contribution < 1.29 is 4.42 Å². The highest BCUT2D eigenvalue weighted by atomic mass is 32.1. The van der Waals surface area contributed by atoms with Crippen molar-refractivity contribution in [3.8, 4) is 17.3 Å². The molecule has 0 saturated heterocycles. The molecule has 5 rings (SSSR count). The Kier molecular flexibility index (Phi) is 5.20. The van der Waals surface area contributed by atoms with E-state index in [1.54, 1.807) is 11.5 Å². The van der Waals surface area contributed by atoms with E-state index in [0.717, 1.165) is 21.7 Å². The summed E-state index contributed by atoms with van der Waals surface area (Å²) in [6.45, 7) is 0. The Labute approximate surface area is 188 Å². The fourth-order valence-electron chi connectivity index (χ4n) is 3.55. The van der Waals surface area contributed by atoms with Gasteiger partial charge in [-0.15, -0.1) is 11.3 Å². The number of rotatable bonds is 4. The number of nitriles is 1. The van der Waals surface area contributed by atoms with Gasteiger partial charge in [-0.1, -0.05) is 72.8 Å². The summed E-state index contributed by atoms with van der Waals surface area (Å²) in [5.74, 6) is 0. The van der Waals surface area contributed by atoms with Crippen molar-refractivity contribution in [2.45, 2.75) is 0 Å². The van der Waals surface area contributed by atoms with E-state index in [-0.39, 0.29) is 0 Å². The Morgan fingerprint density at radius 2 is 1.81 bits per heavy atom. The highest BCUT2D eigenvalue weighted by Crippen LogP contribution is 2.29. The van der Waals surface area contributed by atoms with Crippen molar-refractivity contribution in [3.05, 3.63) is 111 Å². The van der Waals surface area contributed by atoms with Crippen molar-refractivity contribution >= 4 is 44.7 Å². The molecule has 0 saturated carbocycles. The lowest BCUT2D eigenvalue weighted by atomic mass is 10.0. The van der Waals surface area contributed by atoms with Crippen LogP contribution in [0.2, 0.25) is 0 Å². The number of thiazole rings is 1. The highest BCUT2D eigenvalue weighted by Gasteiger charge is 2.14. The lowest BCUT2D eigenvalue weighted by Crippen LogP contribution is -2.03. The van der Waals surface area contributed by atoms with Crippen LogP contribution in [0.3, 0.4) is 0 Å². The fraction of sp³-hybridized carbons (Fsp3) is 0. The van der Waals surface area contributed by atoms with E-state index < -0.39 is 5.63 Å². The van der Waals surface area contributed by atoms with Crippen LogP contribution in [-0.4, -0.2) is 4.98 Å². The summed E-state index contributed by atoms with van der Waals surface area (Å²) in [6, 6.07) is 25.6. The molecule has 4 nitrogen and oxygen atoms in total. The molecule has 152 valence electrons. The second-order valence-corrected chi connectivity index (χ2v) is 8.00. The van der Waals surface area contributed by atoms with Gasteiger partial charge in [0.15, 0.2) is 0 Å². The molecule has 0 aliphatic heterocycles. The van der Waals surface area contributed by atoms with E-state index in [1.165, 1.54) is 11.3 Å². The van der Waals surface area contributed by atoms with Crippen molar-refractivity contribution in [1.82, 2.24) is 4.98 Å². The minimum absolute atomic E-state index is 0.383. The first kappa shape index (κ1) is 19.7. The number of allylic oxidation sites excluding steroid dienone is 3. The van der Waals surface area contributed by atoms with E-state index in [1.807, 2.05) is 84.9 Å². The topological polar surface area (TPSA) is 66.9 Å². The van der Waals surface area contributed by atoms with Crippen LogP contribution in [0.15, 0.2) is 99.5 Å². The van der Waals surface area contributed by atoms with Crippen LogP contribution < -0.4 is 5.63 Å². The maximum Gasteiger partial charge on any atom is 0.345 e. The molecule has 2 heterocycles. The first-order chi connectivity index (χ1) is 15.7. The summed E-state index contributed by atoms with van der Waals surface area (Å²) >= 11 is 1.32. The van der Waals surface area contributed by atoms with Gasteiger partial charge in [0.1, 0.15) is 16.7 Å². The van der Waals surface area contributed by atoms with E-state index in [9.17, 15) is 10.1 Å². The SMILES string of the molecule is N#CC(=CC=Cc1ccccc1)c1nc(-c2cc3c(ccc4ccccc43)oc2=O)cs1. The Morgan fingerprint density at radius 3 is 2.66 bits per heavy atom. The van der Waals surface area contributed by atoms with Crippen LogP contribution in [0.4, 0.5) is 0 Å². The zero-order chi connectivity index (χ0) is 21.9. The van der Waals surface area contributed by atoms with E-state index >= 15 is 0 Å². The van der Waals surface area contributed by atoms with Gasteiger partial charge in [0.2, 0.25) is 0 Å². The first-order valence-electron chi connectivity index (χ1n) is 9.98. The Bertz CT molecular complexity index is 1600. The molecule has 3 aromatic carbocycles. The third kappa shape index (κ3) is 3.76. The second kappa shape index (κ2) is 8.46. The number of hydrogen-bond acceptors (Lipinski definition) is 5. The largest absolute Gasteiger partial charge is 0.422 e. The second-order valence-electron chi connectivity index (χ2n) is 7.15. The van der Waals surface area contributed by atoms with Crippen LogP contribution in [0, 0.1) is 11.3 Å². The summed E-state index contributed by atoms with van der Waals surface area (Å²) < 4.78 is 5.58. The summed E-state index contributed by atoms with van der Waals surface area (Å²) in [7, 11) is 0. The van der Waals surface area contributed by atoms with E-state index in [0.29, 0.717) is 27.4 Å². The maximum absolute atomic E-state index is 12.7. The molecule has 0 aliphatic carbocycles. The number of hydrogen-bond donors (Lipinski definition) is 0. The minimum atomic E-state index is -0.448. The quantitative estimate of drug-likeness (QED) is 0.137. The smallest absolute Gasteiger partial charge is 0.345 e. The molecule has 32 heavy (non-hydrogen) atoms. The number of benzene rings is 3. The summed E-state index contributed by atoms with van der Waals surface area (Å²) in [5, 5.41) is 14.9. The molecule has 5 heteroatoms. The number of aromatic nitrogens is 1. The van der Waals surface area contributed by atoms with Gasteiger partial charge < -0.3 is 4.42 Å². The van der Waals surface area contributed by atoms with Crippen LogP contribution in [-0.2, 0) is 0 Å². The molecule has 0 spiro atoms. The lowest BCUT2D eigenvalue weighted by Gasteiger charge is -2.04. The molecule has 0 amide bonds. The molecule has 0 radical (unpaired) electrons. The minimum Gasteiger partial charge on any atom is -0.422 e. The zero-order valence-corrected chi connectivity index (χ0v) is 17.7. The van der Waals surface area contributed by atoms with Gasteiger partial charge in [-0.3, -0.25) is 0 Å². The van der Waals surface area contributed by atoms with E-state index in [2.05, 4.69) is 11.1 Å². The van der Waals surface area contributed by atoms with Gasteiger partial charge in [-0.05, 0) is 34.5 Å². The molecule has 0 aliphatic rings. The standard InChI is InChI=1S/C27H16N2O2S/c28-16-20(11-6-9-18-7-2-1-3-8-18)26-29-24(17-32-26)23-15-22-21-12-5-4-10-19(21)13-14-25(22)31-27(23)30/h1-15,17H. The Hall–Kier alpha value is -4.27. The van der Waals surface area contributed by atoms with Crippen LogP contribution in [0.5, 0.6) is 0 Å². The molecule has 0 atom stereocenters. The predicted molar refractivity (Wildman–Crippen MR) is 130 cm³/mol. The summed E-state index contributed by atoms with van der Waals surface area (Å²) in [5.41, 5.74) is 2.45. The average Bonchev–Trinajstić information content (AvgIpc) is 3.31.